The van der Waals surface area contributed by atoms with Gasteiger partial charge in [0.25, 0.3) is 5.56 Å². The van der Waals surface area contributed by atoms with Crippen molar-refractivity contribution in [3.8, 4) is 11.1 Å². The summed E-state index contributed by atoms with van der Waals surface area (Å²) < 4.78 is 28.0. The normalized spacial score (nSPS) is 16.8. The van der Waals surface area contributed by atoms with Gasteiger partial charge in [-0.25, -0.2) is 23.6 Å². The van der Waals surface area contributed by atoms with Crippen LogP contribution in [-0.4, -0.2) is 65.1 Å². The molecule has 0 spiro atoms. The van der Waals surface area contributed by atoms with Crippen molar-refractivity contribution in [2.75, 3.05) is 37.8 Å². The molecule has 1 aliphatic heterocycles. The van der Waals surface area contributed by atoms with Crippen LogP contribution >= 0.6 is 11.6 Å². The van der Waals surface area contributed by atoms with Crippen molar-refractivity contribution in [2.45, 2.75) is 51.2 Å². The van der Waals surface area contributed by atoms with Crippen molar-refractivity contribution in [1.82, 2.24) is 19.9 Å². The third-order valence-electron chi connectivity index (χ3n) is 9.11. The largest absolute Gasteiger partial charge is 0.449 e. The average Bonchev–Trinajstić information content (AvgIpc) is 3.86. The van der Waals surface area contributed by atoms with Crippen molar-refractivity contribution in [2.24, 2.45) is 5.92 Å². The van der Waals surface area contributed by atoms with Crippen LogP contribution in [-0.2, 0) is 9.47 Å². The molecular weight excluding hydrogens is 637 g/mol. The number of nitrogens with zero attached hydrogens (tertiary/aromatic N) is 4. The summed E-state index contributed by atoms with van der Waals surface area (Å²) in [5.41, 5.74) is 3.06. The molecule has 2 aliphatic carbocycles. The number of aromatic nitrogens is 2. The van der Waals surface area contributed by atoms with E-state index in [1.165, 1.54) is 16.8 Å². The van der Waals surface area contributed by atoms with Gasteiger partial charge in [0, 0.05) is 19.0 Å². The van der Waals surface area contributed by atoms with Crippen LogP contribution in [0.3, 0.4) is 0 Å². The Hall–Kier alpha value is -4.64. The molecule has 1 saturated carbocycles. The van der Waals surface area contributed by atoms with Crippen LogP contribution in [0.4, 0.5) is 14.0 Å². The summed E-state index contributed by atoms with van der Waals surface area (Å²) in [5.74, 6) is -0.663. The Balaban J connectivity index is 1.17. The SMILES string of the molecule is CC(C)(C)OC(=O)N1CCN(n2c(C(NC(=O)OCC3c4ccccc4-c4ccccc43)C3CC3)nc3c(F)ccc(Cl)c3c2=O)CC1. The quantitative estimate of drug-likeness (QED) is 0.254. The van der Waals surface area contributed by atoms with E-state index in [1.807, 2.05) is 36.4 Å². The highest BCUT2D eigenvalue weighted by Gasteiger charge is 2.39. The standard InChI is InChI=1S/C36H37ClFN5O5/c1-36(2,3)48-35(46)41-16-18-42(19-17-41)43-32(39-31-28(38)15-14-27(37)29(31)33(43)44)30(21-12-13-21)40-34(45)47-20-26-24-10-6-4-8-22(24)23-9-5-7-11-25(23)26/h4-11,14-15,21,26,30H,12-13,16-20H2,1-3H3,(H,40,45). The molecule has 0 radical (unpaired) electrons. The first-order valence-electron chi connectivity index (χ1n) is 16.3. The van der Waals surface area contributed by atoms with E-state index in [-0.39, 0.29) is 66.4 Å². The van der Waals surface area contributed by atoms with Gasteiger partial charge < -0.3 is 24.7 Å². The van der Waals surface area contributed by atoms with Crippen molar-refractivity contribution in [3.63, 3.8) is 0 Å². The number of halogens is 2. The molecule has 2 fully saturated rings. The number of carbonyl (C=O) groups is 2. The highest BCUT2D eigenvalue weighted by Crippen LogP contribution is 2.45. The fourth-order valence-electron chi connectivity index (χ4n) is 6.70. The maximum absolute atomic E-state index is 15.2. The molecule has 7 rings (SSSR count). The Bertz CT molecular complexity index is 1920. The minimum absolute atomic E-state index is 0.0358. The summed E-state index contributed by atoms with van der Waals surface area (Å²) in [6, 6.07) is 18.0. The Morgan fingerprint density at radius 2 is 1.60 bits per heavy atom. The lowest BCUT2D eigenvalue weighted by atomic mass is 9.98. The lowest BCUT2D eigenvalue weighted by Gasteiger charge is -2.38. The second-order valence-electron chi connectivity index (χ2n) is 13.5. The molecular formula is C36H37ClFN5O5. The molecule has 2 heterocycles. The maximum atomic E-state index is 15.2. The van der Waals surface area contributed by atoms with Crippen LogP contribution in [0.5, 0.6) is 0 Å². The number of fused-ring (bicyclic) bond motifs is 4. The predicted molar refractivity (Wildman–Crippen MR) is 180 cm³/mol. The molecule has 10 nitrogen and oxygen atoms in total. The molecule has 2 amide bonds. The third-order valence-corrected chi connectivity index (χ3v) is 9.42. The number of carbonyl (C=O) groups excluding carboxylic acids is 2. The number of piperazine rings is 1. The van der Waals surface area contributed by atoms with E-state index in [1.54, 1.807) is 30.7 Å². The molecule has 0 bridgehead atoms. The number of hydrogen-bond donors (Lipinski definition) is 1. The Labute approximate surface area is 282 Å². The first-order chi connectivity index (χ1) is 23.0. The molecule has 1 atom stereocenters. The van der Waals surface area contributed by atoms with Gasteiger partial charge in [-0.3, -0.25) is 4.79 Å². The van der Waals surface area contributed by atoms with Crippen LogP contribution in [0.25, 0.3) is 22.0 Å². The van der Waals surface area contributed by atoms with Crippen molar-refractivity contribution >= 4 is 34.7 Å². The van der Waals surface area contributed by atoms with Crippen LogP contribution < -0.4 is 15.9 Å². The molecule has 250 valence electrons. The molecule has 4 aromatic rings. The number of nitrogens with one attached hydrogen (secondary N) is 1. The molecule has 1 unspecified atom stereocenters. The predicted octanol–water partition coefficient (Wildman–Crippen LogP) is 6.37. The van der Waals surface area contributed by atoms with Crippen molar-refractivity contribution in [3.05, 3.63) is 98.8 Å². The van der Waals surface area contributed by atoms with Gasteiger partial charge in [-0.1, -0.05) is 60.1 Å². The first-order valence-corrected chi connectivity index (χ1v) is 16.6. The van der Waals surface area contributed by atoms with E-state index < -0.39 is 35.2 Å². The maximum Gasteiger partial charge on any atom is 0.410 e. The van der Waals surface area contributed by atoms with E-state index in [4.69, 9.17) is 21.1 Å². The van der Waals surface area contributed by atoms with E-state index >= 15 is 4.39 Å². The Morgan fingerprint density at radius 3 is 2.21 bits per heavy atom. The van der Waals surface area contributed by atoms with E-state index in [9.17, 15) is 14.4 Å². The molecule has 3 aromatic carbocycles. The van der Waals surface area contributed by atoms with E-state index in [0.717, 1.165) is 35.1 Å². The molecule has 1 N–H and O–H groups in total. The van der Waals surface area contributed by atoms with Gasteiger partial charge in [0.15, 0.2) is 5.82 Å². The van der Waals surface area contributed by atoms with Crippen LogP contribution in [0.15, 0.2) is 65.5 Å². The van der Waals surface area contributed by atoms with Crippen LogP contribution in [0.1, 0.15) is 62.5 Å². The van der Waals surface area contributed by atoms with E-state index in [2.05, 4.69) is 22.4 Å². The number of amides is 2. The van der Waals surface area contributed by atoms with Gasteiger partial charge >= 0.3 is 12.2 Å². The zero-order chi connectivity index (χ0) is 33.7. The zero-order valence-corrected chi connectivity index (χ0v) is 27.8. The third kappa shape index (κ3) is 6.07. The Morgan fingerprint density at radius 1 is 0.979 bits per heavy atom. The van der Waals surface area contributed by atoms with Gasteiger partial charge in [0.2, 0.25) is 0 Å². The summed E-state index contributed by atoms with van der Waals surface area (Å²) in [4.78, 5) is 46.7. The summed E-state index contributed by atoms with van der Waals surface area (Å²) in [7, 11) is 0. The summed E-state index contributed by atoms with van der Waals surface area (Å²) in [6.07, 6.45) is 0.472. The second kappa shape index (κ2) is 12.4. The van der Waals surface area contributed by atoms with Crippen molar-refractivity contribution in [1.29, 1.82) is 0 Å². The average molecular weight is 674 g/mol. The first kappa shape index (κ1) is 31.9. The smallest absolute Gasteiger partial charge is 0.410 e. The number of ether oxygens (including phenoxy) is 2. The molecule has 12 heteroatoms. The second-order valence-corrected chi connectivity index (χ2v) is 14.0. The summed E-state index contributed by atoms with van der Waals surface area (Å²) in [6.45, 7) is 6.64. The fraction of sp³-hybridized carbons (Fsp3) is 0.389. The highest BCUT2D eigenvalue weighted by atomic mass is 35.5. The number of alkyl carbamates (subject to hydrolysis) is 1. The van der Waals surface area contributed by atoms with Gasteiger partial charge in [-0.2, -0.15) is 0 Å². The zero-order valence-electron chi connectivity index (χ0n) is 27.0. The number of rotatable bonds is 6. The van der Waals surface area contributed by atoms with Gasteiger partial charge in [-0.15, -0.1) is 0 Å². The van der Waals surface area contributed by atoms with Gasteiger partial charge in [0.05, 0.1) is 29.5 Å². The van der Waals surface area contributed by atoms with Crippen LogP contribution in [0.2, 0.25) is 5.02 Å². The minimum atomic E-state index is -0.736. The minimum Gasteiger partial charge on any atom is -0.449 e. The number of benzene rings is 3. The van der Waals surface area contributed by atoms with Crippen LogP contribution in [0, 0.1) is 11.7 Å². The molecule has 3 aliphatic rings. The molecule has 1 aromatic heterocycles. The summed E-state index contributed by atoms with van der Waals surface area (Å²) >= 11 is 6.44. The molecule has 1 saturated heterocycles. The monoisotopic (exact) mass is 673 g/mol. The lowest BCUT2D eigenvalue weighted by molar-refractivity contribution is 0.0231. The number of hydrogen-bond acceptors (Lipinski definition) is 7. The highest BCUT2D eigenvalue weighted by molar-refractivity contribution is 6.35. The Kier molecular flexibility index (Phi) is 8.27. The molecule has 48 heavy (non-hydrogen) atoms. The topological polar surface area (TPSA) is 106 Å². The lowest BCUT2D eigenvalue weighted by Crippen LogP contribution is -2.57. The summed E-state index contributed by atoms with van der Waals surface area (Å²) in [5, 5.41) is 4.76. The van der Waals surface area contributed by atoms with Crippen molar-refractivity contribution < 1.29 is 23.5 Å². The van der Waals surface area contributed by atoms with Gasteiger partial charge in [-0.05, 0) is 73.9 Å². The fourth-order valence-corrected chi connectivity index (χ4v) is 6.93. The van der Waals surface area contributed by atoms with Gasteiger partial charge in [0.1, 0.15) is 23.5 Å². The van der Waals surface area contributed by atoms with E-state index in [0.29, 0.717) is 0 Å².